The van der Waals surface area contributed by atoms with Crippen LogP contribution in [0.5, 0.6) is 0 Å². The molecule has 8 heterocycles. The number of halogens is 1. The fourth-order valence-corrected chi connectivity index (χ4v) is 6.85. The van der Waals surface area contributed by atoms with Crippen LogP contribution in [0.15, 0.2) is 73.3 Å². The maximum absolute atomic E-state index is 5.78. The van der Waals surface area contributed by atoms with Crippen LogP contribution in [0.2, 0.25) is 5.15 Å². The van der Waals surface area contributed by atoms with Gasteiger partial charge in [-0.1, -0.05) is 44.5 Å². The molecule has 0 N–H and O–H groups in total. The highest BCUT2D eigenvalue weighted by molar-refractivity contribution is 6.33. The van der Waals surface area contributed by atoms with Crippen molar-refractivity contribution in [2.75, 3.05) is 88.2 Å². The summed E-state index contributed by atoms with van der Waals surface area (Å²) < 4.78 is 0. The number of hydrogen-bond acceptors (Lipinski definition) is 13. The highest BCUT2D eigenvalue weighted by Gasteiger charge is 2.18. The molecule has 2 saturated heterocycles. The molecule has 2 aliphatic rings. The molecule has 0 radical (unpaired) electrons. The number of likely N-dealkylation sites (N-methyl/N-ethyl adjacent to an activating group) is 2. The molecule has 56 heavy (non-hydrogen) atoms. The zero-order valence-corrected chi connectivity index (χ0v) is 33.7. The Balaban J connectivity index is 0.000000176. The van der Waals surface area contributed by atoms with Crippen LogP contribution in [0.3, 0.4) is 0 Å². The summed E-state index contributed by atoms with van der Waals surface area (Å²) in [5.41, 5.74) is 3.84. The minimum atomic E-state index is 0. The van der Waals surface area contributed by atoms with E-state index < -0.39 is 0 Å². The standard InChI is InChI=1S/C20H25N7.C13H22N4.C8H5ClN2.CH4/c1-15-23-17(13-18(24-15)27-11-9-25(2)10-12-27)14-26(3)20-19-16(6-8-22-20)5-4-7-21-19;1-4-5-12-10-13(15-11(2)14-12)17-8-6-16(3)7-9-17;9-8-7-6(3-5-11-8)2-1-4-10-7;/h4-8,13H,9-12,14H2,1-3H3;10H,4-9H2,1-3H3;1-5H;1H4. The summed E-state index contributed by atoms with van der Waals surface area (Å²) >= 11 is 5.78. The predicted molar refractivity (Wildman–Crippen MR) is 230 cm³/mol. The van der Waals surface area contributed by atoms with Gasteiger partial charge in [0.05, 0.1) is 12.2 Å². The van der Waals surface area contributed by atoms with E-state index in [9.17, 15) is 0 Å². The summed E-state index contributed by atoms with van der Waals surface area (Å²) in [5, 5.41) is 2.57. The Hall–Kier alpha value is -5.11. The topological polar surface area (TPSA) is 119 Å². The first-order valence-electron chi connectivity index (χ1n) is 19.0. The van der Waals surface area contributed by atoms with E-state index in [4.69, 9.17) is 11.6 Å². The monoisotopic (exact) mass is 777 g/mol. The van der Waals surface area contributed by atoms with Gasteiger partial charge in [-0.3, -0.25) is 9.97 Å². The number of aryl methyl sites for hydroxylation is 3. The normalized spacial score (nSPS) is 14.7. The van der Waals surface area contributed by atoms with Gasteiger partial charge in [-0.2, -0.15) is 0 Å². The Labute approximate surface area is 336 Å². The molecular formula is C42H56ClN13. The molecule has 0 unspecified atom stereocenters. The van der Waals surface area contributed by atoms with Gasteiger partial charge in [0.25, 0.3) is 0 Å². The molecule has 0 saturated carbocycles. The second-order valence-corrected chi connectivity index (χ2v) is 14.5. The fourth-order valence-electron chi connectivity index (χ4n) is 6.64. The average Bonchev–Trinajstić information content (AvgIpc) is 3.19. The van der Waals surface area contributed by atoms with Crippen LogP contribution in [-0.2, 0) is 13.0 Å². The lowest BCUT2D eigenvalue weighted by Crippen LogP contribution is -2.45. The van der Waals surface area contributed by atoms with E-state index in [1.165, 1.54) is 5.69 Å². The Morgan fingerprint density at radius 1 is 0.625 bits per heavy atom. The highest BCUT2D eigenvalue weighted by Crippen LogP contribution is 2.23. The van der Waals surface area contributed by atoms with Crippen LogP contribution in [0.25, 0.3) is 21.8 Å². The van der Waals surface area contributed by atoms with Gasteiger partial charge in [-0.05, 0) is 58.6 Å². The van der Waals surface area contributed by atoms with E-state index in [1.807, 2.05) is 63.6 Å². The Bertz CT molecular complexity index is 2140. The van der Waals surface area contributed by atoms with Crippen LogP contribution in [0.4, 0.5) is 17.5 Å². The molecule has 0 atom stereocenters. The number of nitrogens with zero attached hydrogens (tertiary/aromatic N) is 13. The van der Waals surface area contributed by atoms with Crippen molar-refractivity contribution < 1.29 is 0 Å². The number of hydrogen-bond donors (Lipinski definition) is 0. The van der Waals surface area contributed by atoms with Crippen LogP contribution in [0, 0.1) is 13.8 Å². The third kappa shape index (κ3) is 11.2. The van der Waals surface area contributed by atoms with Crippen molar-refractivity contribution >= 4 is 50.9 Å². The first-order chi connectivity index (χ1) is 26.7. The van der Waals surface area contributed by atoms with Crippen LogP contribution in [0.1, 0.15) is 43.8 Å². The van der Waals surface area contributed by atoms with Crippen molar-refractivity contribution in [3.8, 4) is 0 Å². The lowest BCUT2D eigenvalue weighted by Gasteiger charge is -2.33. The second-order valence-electron chi connectivity index (χ2n) is 14.1. The first kappa shape index (κ1) is 42.0. The molecule has 13 nitrogen and oxygen atoms in total. The van der Waals surface area contributed by atoms with Crippen LogP contribution in [-0.4, -0.2) is 123 Å². The maximum atomic E-state index is 5.78. The quantitative estimate of drug-likeness (QED) is 0.164. The number of anilines is 3. The largest absolute Gasteiger partial charge is 0.354 e. The van der Waals surface area contributed by atoms with Gasteiger partial charge in [0.2, 0.25) is 0 Å². The Morgan fingerprint density at radius 2 is 1.12 bits per heavy atom. The third-order valence-electron chi connectivity index (χ3n) is 9.65. The maximum Gasteiger partial charge on any atom is 0.155 e. The minimum absolute atomic E-state index is 0. The minimum Gasteiger partial charge on any atom is -0.354 e. The fraction of sp³-hybridized carbons (Fsp3) is 0.429. The molecule has 296 valence electrons. The number of piperazine rings is 2. The van der Waals surface area contributed by atoms with Gasteiger partial charge in [-0.25, -0.2) is 29.9 Å². The summed E-state index contributed by atoms with van der Waals surface area (Å²) in [6.45, 7) is 15.3. The van der Waals surface area contributed by atoms with E-state index in [2.05, 4.69) is 104 Å². The van der Waals surface area contributed by atoms with Crippen molar-refractivity contribution in [1.82, 2.24) is 49.7 Å². The van der Waals surface area contributed by atoms with Crippen molar-refractivity contribution in [2.45, 2.75) is 47.6 Å². The third-order valence-corrected chi connectivity index (χ3v) is 9.93. The SMILES string of the molecule is C.CCCc1cc(N2CCN(C)CC2)nc(C)n1.Cc1nc(CN(C)c2nccc3cccnc23)cc(N2CCN(C)CC2)n1.Clc1nccc2cccnc12. The van der Waals surface area contributed by atoms with Crippen molar-refractivity contribution in [3.05, 3.63) is 102 Å². The predicted octanol–water partition coefficient (Wildman–Crippen LogP) is 6.53. The lowest BCUT2D eigenvalue weighted by atomic mass is 10.2. The van der Waals surface area contributed by atoms with E-state index in [1.54, 1.807) is 12.4 Å². The summed E-state index contributed by atoms with van der Waals surface area (Å²) in [4.78, 5) is 46.9. The summed E-state index contributed by atoms with van der Waals surface area (Å²) in [6.07, 6.45) is 9.20. The summed E-state index contributed by atoms with van der Waals surface area (Å²) in [7, 11) is 6.36. The molecule has 6 aromatic heterocycles. The van der Waals surface area contributed by atoms with E-state index in [0.717, 1.165) is 122 Å². The van der Waals surface area contributed by atoms with E-state index >= 15 is 0 Å². The van der Waals surface area contributed by atoms with Crippen LogP contribution >= 0.6 is 11.6 Å². The van der Waals surface area contributed by atoms with Crippen molar-refractivity contribution in [2.24, 2.45) is 0 Å². The Kier molecular flexibility index (Phi) is 15.1. The van der Waals surface area contributed by atoms with Gasteiger partial charge >= 0.3 is 0 Å². The molecular weight excluding hydrogens is 722 g/mol. The van der Waals surface area contributed by atoms with Crippen molar-refractivity contribution in [1.29, 1.82) is 0 Å². The zero-order valence-electron chi connectivity index (χ0n) is 32.9. The molecule has 0 amide bonds. The summed E-state index contributed by atoms with van der Waals surface area (Å²) in [5.74, 6) is 4.69. The number of fused-ring (bicyclic) bond motifs is 2. The van der Waals surface area contributed by atoms with E-state index in [-0.39, 0.29) is 7.43 Å². The van der Waals surface area contributed by atoms with Gasteiger partial charge in [0, 0.05) is 113 Å². The molecule has 0 bridgehead atoms. The molecule has 14 heteroatoms. The van der Waals surface area contributed by atoms with Gasteiger partial charge in [0.15, 0.2) is 11.0 Å². The molecule has 0 spiro atoms. The second kappa shape index (κ2) is 20.2. The number of pyridine rings is 4. The number of rotatable bonds is 7. The highest BCUT2D eigenvalue weighted by atomic mass is 35.5. The Morgan fingerprint density at radius 3 is 1.68 bits per heavy atom. The summed E-state index contributed by atoms with van der Waals surface area (Å²) in [6, 6.07) is 16.0. The molecule has 2 aliphatic heterocycles. The van der Waals surface area contributed by atoms with E-state index in [0.29, 0.717) is 11.7 Å². The zero-order chi connectivity index (χ0) is 38.7. The van der Waals surface area contributed by atoms with Gasteiger partial charge in [-0.15, -0.1) is 0 Å². The first-order valence-corrected chi connectivity index (χ1v) is 19.4. The molecule has 6 aromatic rings. The smallest absolute Gasteiger partial charge is 0.155 e. The van der Waals surface area contributed by atoms with Crippen molar-refractivity contribution in [3.63, 3.8) is 0 Å². The molecule has 8 rings (SSSR count). The van der Waals surface area contributed by atoms with Crippen LogP contribution < -0.4 is 14.7 Å². The lowest BCUT2D eigenvalue weighted by molar-refractivity contribution is 0.312. The average molecular weight is 778 g/mol. The van der Waals surface area contributed by atoms with Gasteiger partial charge < -0.3 is 24.5 Å². The molecule has 0 aromatic carbocycles. The molecule has 2 fully saturated rings. The molecule has 0 aliphatic carbocycles. The number of aromatic nitrogens is 8. The van der Waals surface area contributed by atoms with Gasteiger partial charge in [0.1, 0.15) is 34.3 Å².